The highest BCUT2D eigenvalue weighted by molar-refractivity contribution is 6.05. The second-order valence-corrected chi connectivity index (χ2v) is 9.23. The smallest absolute Gasteiger partial charge is 0.279 e. The first-order chi connectivity index (χ1) is 16.4. The second kappa shape index (κ2) is 9.00. The Bertz CT molecular complexity index is 1130. The van der Waals surface area contributed by atoms with Gasteiger partial charge in [-0.05, 0) is 43.0 Å². The molecule has 4 heterocycles. The Morgan fingerprint density at radius 1 is 1.18 bits per heavy atom. The number of anilines is 3. The molecule has 0 bridgehead atoms. The lowest BCUT2D eigenvalue weighted by molar-refractivity contribution is -0.115. The van der Waals surface area contributed by atoms with Crippen LogP contribution in [-0.2, 0) is 4.79 Å². The predicted molar refractivity (Wildman–Crippen MR) is 127 cm³/mol. The van der Waals surface area contributed by atoms with E-state index in [-0.39, 0.29) is 24.2 Å². The van der Waals surface area contributed by atoms with Crippen LogP contribution in [0.5, 0.6) is 0 Å². The molecule has 2 aromatic heterocycles. The summed E-state index contributed by atoms with van der Waals surface area (Å²) in [6.45, 7) is -0.0438. The average Bonchev–Trinajstić information content (AvgIpc) is 3.29. The first-order valence-electron chi connectivity index (χ1n) is 11.7. The number of hydrogen-bond donors (Lipinski definition) is 1. The molecule has 1 N–H and O–H groups in total. The molecule has 1 atom stereocenters. The zero-order valence-electron chi connectivity index (χ0n) is 19.4. The Hall–Kier alpha value is -3.56. The van der Waals surface area contributed by atoms with Gasteiger partial charge in [-0.25, -0.2) is 19.4 Å². The number of pyridine rings is 2. The normalized spacial score (nSPS) is 20.0. The molecule has 3 aliphatic rings. The number of nitrogens with one attached hydrogen (secondary N) is 1. The fourth-order valence-corrected chi connectivity index (χ4v) is 4.93. The highest BCUT2D eigenvalue weighted by atomic mass is 19.1. The van der Waals surface area contributed by atoms with Gasteiger partial charge >= 0.3 is 0 Å². The quantitative estimate of drug-likeness (QED) is 0.729. The Morgan fingerprint density at radius 2 is 1.97 bits per heavy atom. The minimum atomic E-state index is -0.476. The molecule has 0 saturated heterocycles. The maximum atomic E-state index is 13.4. The summed E-state index contributed by atoms with van der Waals surface area (Å²) in [5, 5.41) is 8.99. The fraction of sp³-hybridized carbons (Fsp3) is 0.458. The van der Waals surface area contributed by atoms with Crippen LogP contribution in [0.15, 0.2) is 35.6 Å². The van der Waals surface area contributed by atoms with Gasteiger partial charge in [-0.1, -0.05) is 19.3 Å². The van der Waals surface area contributed by atoms with Crippen LogP contribution in [-0.4, -0.2) is 59.3 Å². The maximum Gasteiger partial charge on any atom is 0.279 e. The lowest BCUT2D eigenvalue weighted by Crippen LogP contribution is -2.53. The highest BCUT2D eigenvalue weighted by Gasteiger charge is 2.45. The van der Waals surface area contributed by atoms with Crippen LogP contribution >= 0.6 is 0 Å². The van der Waals surface area contributed by atoms with E-state index in [1.54, 1.807) is 12.1 Å². The first kappa shape index (κ1) is 22.2. The molecule has 0 radical (unpaired) electrons. The monoisotopic (exact) mass is 465 g/mol. The van der Waals surface area contributed by atoms with Crippen molar-refractivity contribution in [1.29, 1.82) is 0 Å². The molecular formula is C24H28FN7O2. The predicted octanol–water partition coefficient (Wildman–Crippen LogP) is 3.25. The van der Waals surface area contributed by atoms with Crippen molar-refractivity contribution < 1.29 is 14.0 Å². The fourth-order valence-electron chi connectivity index (χ4n) is 4.93. The third-order valence-corrected chi connectivity index (χ3v) is 6.68. The van der Waals surface area contributed by atoms with Crippen molar-refractivity contribution in [2.24, 2.45) is 11.0 Å². The molecule has 2 amide bonds. The van der Waals surface area contributed by atoms with Crippen LogP contribution in [0.2, 0.25) is 0 Å². The van der Waals surface area contributed by atoms with Crippen LogP contribution in [0.25, 0.3) is 0 Å². The van der Waals surface area contributed by atoms with E-state index in [2.05, 4.69) is 10.3 Å². The third kappa shape index (κ3) is 4.20. The number of hydrazone groups is 1. The van der Waals surface area contributed by atoms with Crippen molar-refractivity contribution >= 4 is 35.0 Å². The molecule has 34 heavy (non-hydrogen) atoms. The van der Waals surface area contributed by atoms with Gasteiger partial charge in [-0.15, -0.1) is 0 Å². The summed E-state index contributed by atoms with van der Waals surface area (Å²) in [5.74, 6) is 0.799. The Morgan fingerprint density at radius 3 is 2.68 bits per heavy atom. The van der Waals surface area contributed by atoms with Gasteiger partial charge in [0.15, 0.2) is 0 Å². The van der Waals surface area contributed by atoms with Crippen LogP contribution in [0.4, 0.5) is 21.8 Å². The van der Waals surface area contributed by atoms with Crippen molar-refractivity contribution in [1.82, 2.24) is 15.0 Å². The average molecular weight is 466 g/mol. The number of amides is 2. The molecule has 1 aliphatic carbocycles. The molecule has 9 nitrogen and oxygen atoms in total. The number of nitrogens with zero attached hydrogens (tertiary/aromatic N) is 6. The largest absolute Gasteiger partial charge is 0.363 e. The SMILES string of the molecule is CN(C)c1ccc2c(n1)N(CC(=O)Nc1ccc(F)cn1)C1CC(C3CCCCC3)=NN1C2=O. The summed E-state index contributed by atoms with van der Waals surface area (Å²) in [7, 11) is 3.76. The van der Waals surface area contributed by atoms with Crippen LogP contribution in [0.3, 0.4) is 0 Å². The molecule has 2 aliphatic heterocycles. The molecule has 178 valence electrons. The van der Waals surface area contributed by atoms with Crippen molar-refractivity contribution in [3.63, 3.8) is 0 Å². The van der Waals surface area contributed by atoms with E-state index in [9.17, 15) is 14.0 Å². The molecule has 1 unspecified atom stereocenters. The number of hydrogen-bond acceptors (Lipinski definition) is 7. The highest BCUT2D eigenvalue weighted by Crippen LogP contribution is 2.38. The van der Waals surface area contributed by atoms with Gasteiger partial charge in [0.05, 0.1) is 11.8 Å². The summed E-state index contributed by atoms with van der Waals surface area (Å²) < 4.78 is 13.2. The summed E-state index contributed by atoms with van der Waals surface area (Å²) in [5.41, 5.74) is 1.45. The first-order valence-corrected chi connectivity index (χ1v) is 11.7. The van der Waals surface area contributed by atoms with Gasteiger partial charge in [0.25, 0.3) is 5.91 Å². The lowest BCUT2D eigenvalue weighted by Gasteiger charge is -2.39. The van der Waals surface area contributed by atoms with E-state index in [1.807, 2.05) is 23.9 Å². The molecule has 0 spiro atoms. The summed E-state index contributed by atoms with van der Waals surface area (Å²) in [6.07, 6.45) is 6.99. The van der Waals surface area contributed by atoms with E-state index in [0.29, 0.717) is 29.5 Å². The number of aromatic nitrogens is 2. The van der Waals surface area contributed by atoms with Crippen molar-refractivity contribution in [2.75, 3.05) is 35.8 Å². The van der Waals surface area contributed by atoms with Crippen molar-refractivity contribution in [3.05, 3.63) is 41.8 Å². The molecule has 1 saturated carbocycles. The van der Waals surface area contributed by atoms with Gasteiger partial charge in [0, 0.05) is 26.2 Å². The third-order valence-electron chi connectivity index (χ3n) is 6.68. The van der Waals surface area contributed by atoms with Crippen LogP contribution in [0.1, 0.15) is 48.9 Å². The number of carbonyl (C=O) groups excluding carboxylic acids is 2. The maximum absolute atomic E-state index is 13.4. The summed E-state index contributed by atoms with van der Waals surface area (Å²) >= 11 is 0. The van der Waals surface area contributed by atoms with E-state index in [0.717, 1.165) is 24.8 Å². The van der Waals surface area contributed by atoms with Crippen molar-refractivity contribution in [3.8, 4) is 0 Å². The zero-order chi connectivity index (χ0) is 23.8. The van der Waals surface area contributed by atoms with Crippen molar-refractivity contribution in [2.45, 2.75) is 44.7 Å². The minimum absolute atomic E-state index is 0.0438. The number of fused-ring (bicyclic) bond motifs is 2. The Kier molecular flexibility index (Phi) is 5.89. The standard InChI is InChI=1S/C24H28FN7O2/c1-30(2)20-11-9-17-23(28-20)31(14-21(33)27-19-10-8-16(25)13-26-19)22-12-18(29-32(22)24(17)34)15-6-4-3-5-7-15/h8-11,13,15,22H,3-7,12,14H2,1-2H3,(H,26,27,33). The zero-order valence-corrected chi connectivity index (χ0v) is 19.4. The lowest BCUT2D eigenvalue weighted by atomic mass is 9.84. The topological polar surface area (TPSA) is 94.0 Å². The molecule has 0 aromatic carbocycles. The van der Waals surface area contributed by atoms with Crippen LogP contribution < -0.4 is 15.1 Å². The molecule has 1 fully saturated rings. The van der Waals surface area contributed by atoms with E-state index in [1.165, 1.54) is 36.4 Å². The van der Waals surface area contributed by atoms with E-state index < -0.39 is 12.0 Å². The summed E-state index contributed by atoms with van der Waals surface area (Å²) in [6, 6.07) is 6.19. The number of halogens is 1. The Balaban J connectivity index is 1.45. The molecule has 5 rings (SSSR count). The molecule has 10 heteroatoms. The number of rotatable bonds is 5. The second-order valence-electron chi connectivity index (χ2n) is 9.23. The van der Waals surface area contributed by atoms with Crippen LogP contribution in [0, 0.1) is 11.7 Å². The van der Waals surface area contributed by atoms with Gasteiger partial charge in [-0.2, -0.15) is 5.10 Å². The van der Waals surface area contributed by atoms with Gasteiger partial charge in [0.2, 0.25) is 5.91 Å². The van der Waals surface area contributed by atoms with E-state index in [4.69, 9.17) is 10.1 Å². The van der Waals surface area contributed by atoms with Gasteiger partial charge in [-0.3, -0.25) is 9.59 Å². The number of carbonyl (C=O) groups is 2. The minimum Gasteiger partial charge on any atom is -0.363 e. The van der Waals surface area contributed by atoms with Gasteiger partial charge in [0.1, 0.15) is 36.0 Å². The Labute approximate surface area is 197 Å². The molecule has 2 aromatic rings. The van der Waals surface area contributed by atoms with Gasteiger partial charge < -0.3 is 15.1 Å². The molecular weight excluding hydrogens is 437 g/mol. The summed E-state index contributed by atoms with van der Waals surface area (Å²) in [4.78, 5) is 38.7. The van der Waals surface area contributed by atoms with E-state index >= 15 is 0 Å².